The summed E-state index contributed by atoms with van der Waals surface area (Å²) in [7, 11) is 0. The van der Waals surface area contributed by atoms with Crippen molar-refractivity contribution in [1.82, 2.24) is 25.2 Å². The van der Waals surface area contributed by atoms with Crippen LogP contribution in [0.15, 0.2) is 71.5 Å². The number of nitrogens with zero attached hydrogens (tertiary/aromatic N) is 5. The van der Waals surface area contributed by atoms with Gasteiger partial charge in [0.05, 0.1) is 5.39 Å². The molecule has 6 rings (SSSR count). The average Bonchev–Trinajstić information content (AvgIpc) is 2.98. The van der Waals surface area contributed by atoms with Gasteiger partial charge in [0.1, 0.15) is 17.4 Å². The summed E-state index contributed by atoms with van der Waals surface area (Å²) in [5.41, 5.74) is 3.93. The molecular weight excluding hydrogens is 525 g/mol. The molecule has 1 aromatic heterocycles. The zero-order valence-electron chi connectivity index (χ0n) is 22.4. The monoisotopic (exact) mass is 555 g/mol. The molecule has 2 saturated heterocycles. The molecule has 41 heavy (non-hydrogen) atoms. The normalized spacial score (nSPS) is 18.0. The van der Waals surface area contributed by atoms with Crippen LogP contribution in [-0.2, 0) is 22.7 Å². The Morgan fingerprint density at radius 2 is 1.63 bits per heavy atom. The van der Waals surface area contributed by atoms with Crippen molar-refractivity contribution in [2.45, 2.75) is 32.0 Å². The Hall–Kier alpha value is -4.64. The van der Waals surface area contributed by atoms with Crippen molar-refractivity contribution in [3.05, 3.63) is 94.0 Å². The summed E-state index contributed by atoms with van der Waals surface area (Å²) in [5, 5.41) is 14.1. The van der Waals surface area contributed by atoms with Crippen LogP contribution in [0, 0.1) is 5.82 Å². The summed E-state index contributed by atoms with van der Waals surface area (Å²) in [4.78, 5) is 41.9. The third kappa shape index (κ3) is 5.80. The van der Waals surface area contributed by atoms with Gasteiger partial charge in [0.2, 0.25) is 5.91 Å². The molecule has 210 valence electrons. The molecule has 0 radical (unpaired) electrons. The SMILES string of the molecule is O=C1CCC(n2nnc3cccc(NCc4ccc(CN5CCN(c6ccc(F)cc6)CC5)cc4)c3c2=O)C(=O)N1. The highest BCUT2D eigenvalue weighted by Crippen LogP contribution is 2.22. The lowest BCUT2D eigenvalue weighted by molar-refractivity contribution is -0.136. The van der Waals surface area contributed by atoms with E-state index >= 15 is 0 Å². The first kappa shape index (κ1) is 26.6. The van der Waals surface area contributed by atoms with Crippen LogP contribution in [0.1, 0.15) is 30.0 Å². The summed E-state index contributed by atoms with van der Waals surface area (Å²) in [6, 6.07) is 19.5. The Kier molecular flexibility index (Phi) is 7.43. The Labute approximate surface area is 235 Å². The lowest BCUT2D eigenvalue weighted by atomic mass is 10.1. The Morgan fingerprint density at radius 1 is 0.902 bits per heavy atom. The van der Waals surface area contributed by atoms with E-state index in [4.69, 9.17) is 0 Å². The third-order valence-electron chi connectivity index (χ3n) is 7.69. The van der Waals surface area contributed by atoms with Crippen molar-refractivity contribution in [2.24, 2.45) is 0 Å². The fraction of sp³-hybridized carbons (Fsp3) is 0.300. The number of fused-ring (bicyclic) bond motifs is 1. The largest absolute Gasteiger partial charge is 0.380 e. The minimum atomic E-state index is -0.872. The molecule has 0 aliphatic carbocycles. The Balaban J connectivity index is 1.09. The molecule has 2 aliphatic heterocycles. The molecule has 3 aromatic carbocycles. The van der Waals surface area contributed by atoms with E-state index in [1.54, 1.807) is 18.2 Å². The maximum absolute atomic E-state index is 13.4. The van der Waals surface area contributed by atoms with Gasteiger partial charge in [0.15, 0.2) is 0 Å². The molecule has 2 N–H and O–H groups in total. The van der Waals surface area contributed by atoms with Crippen LogP contribution in [0.2, 0.25) is 0 Å². The number of halogens is 1. The van der Waals surface area contributed by atoms with Gasteiger partial charge in [-0.15, -0.1) is 5.10 Å². The maximum atomic E-state index is 13.4. The van der Waals surface area contributed by atoms with Gasteiger partial charge < -0.3 is 10.2 Å². The van der Waals surface area contributed by atoms with E-state index < -0.39 is 17.5 Å². The highest BCUT2D eigenvalue weighted by Gasteiger charge is 2.30. The zero-order valence-corrected chi connectivity index (χ0v) is 22.4. The molecule has 3 heterocycles. The molecular formula is C30H30FN7O3. The standard InChI is InChI=1S/C30H30FN7O3/c31-22-8-10-23(11-9-22)37-16-14-36(15-17-37)19-21-6-4-20(5-7-21)18-32-24-2-1-3-25-28(24)30(41)38(35-34-25)26-12-13-27(39)33-29(26)40/h1-11,26,32H,12-19H2,(H,33,39,40). The number of piperazine rings is 1. The average molecular weight is 556 g/mol. The molecule has 1 unspecified atom stereocenters. The molecule has 10 nitrogen and oxygen atoms in total. The zero-order chi connectivity index (χ0) is 28.3. The highest BCUT2D eigenvalue weighted by atomic mass is 19.1. The van der Waals surface area contributed by atoms with Crippen LogP contribution >= 0.6 is 0 Å². The minimum absolute atomic E-state index is 0.144. The molecule has 0 saturated carbocycles. The fourth-order valence-corrected chi connectivity index (χ4v) is 5.40. The number of carbonyl (C=O) groups excluding carboxylic acids is 2. The number of benzene rings is 3. The molecule has 2 fully saturated rings. The first-order chi connectivity index (χ1) is 19.9. The molecule has 2 amide bonds. The maximum Gasteiger partial charge on any atom is 0.280 e. The van der Waals surface area contributed by atoms with Gasteiger partial charge in [-0.1, -0.05) is 35.5 Å². The van der Waals surface area contributed by atoms with Crippen molar-refractivity contribution in [3.8, 4) is 0 Å². The fourth-order valence-electron chi connectivity index (χ4n) is 5.40. The summed E-state index contributed by atoms with van der Waals surface area (Å²) >= 11 is 0. The number of anilines is 2. The van der Waals surface area contributed by atoms with Crippen LogP contribution in [0.25, 0.3) is 10.9 Å². The number of carbonyl (C=O) groups is 2. The molecule has 0 spiro atoms. The van der Waals surface area contributed by atoms with E-state index in [0.717, 1.165) is 48.7 Å². The number of nitrogens with one attached hydrogen (secondary N) is 2. The van der Waals surface area contributed by atoms with Crippen molar-refractivity contribution >= 4 is 34.1 Å². The number of hydrogen-bond acceptors (Lipinski definition) is 8. The second-order valence-electron chi connectivity index (χ2n) is 10.4. The number of aromatic nitrogens is 3. The van der Waals surface area contributed by atoms with Crippen LogP contribution in [-0.4, -0.2) is 57.9 Å². The highest BCUT2D eigenvalue weighted by molar-refractivity contribution is 5.99. The quantitative estimate of drug-likeness (QED) is 0.335. The number of hydrogen-bond donors (Lipinski definition) is 2. The van der Waals surface area contributed by atoms with E-state index in [1.165, 1.54) is 17.7 Å². The number of imide groups is 1. The molecule has 4 aromatic rings. The second kappa shape index (κ2) is 11.5. The van der Waals surface area contributed by atoms with Crippen molar-refractivity contribution in [2.75, 3.05) is 36.4 Å². The Bertz CT molecular complexity index is 1630. The van der Waals surface area contributed by atoms with Gasteiger partial charge in [0, 0.05) is 57.1 Å². The van der Waals surface area contributed by atoms with Gasteiger partial charge in [0.25, 0.3) is 11.5 Å². The van der Waals surface area contributed by atoms with E-state index in [9.17, 15) is 18.8 Å². The predicted molar refractivity (Wildman–Crippen MR) is 153 cm³/mol. The number of piperidine rings is 1. The van der Waals surface area contributed by atoms with Crippen LogP contribution in [0.3, 0.4) is 0 Å². The molecule has 0 bridgehead atoms. The summed E-state index contributed by atoms with van der Waals surface area (Å²) in [6.45, 7) is 5.01. The number of rotatable bonds is 7. The van der Waals surface area contributed by atoms with E-state index in [0.29, 0.717) is 23.1 Å². The predicted octanol–water partition coefficient (Wildman–Crippen LogP) is 2.84. The minimum Gasteiger partial charge on any atom is -0.380 e. The van der Waals surface area contributed by atoms with Gasteiger partial charge in [-0.3, -0.25) is 24.6 Å². The van der Waals surface area contributed by atoms with Crippen LogP contribution < -0.4 is 21.1 Å². The van der Waals surface area contributed by atoms with Crippen molar-refractivity contribution in [1.29, 1.82) is 0 Å². The van der Waals surface area contributed by atoms with Gasteiger partial charge in [-0.25, -0.2) is 4.39 Å². The van der Waals surface area contributed by atoms with Crippen molar-refractivity contribution in [3.63, 3.8) is 0 Å². The molecule has 11 heteroatoms. The lowest BCUT2D eigenvalue weighted by Crippen LogP contribution is -2.45. The smallest absolute Gasteiger partial charge is 0.280 e. The van der Waals surface area contributed by atoms with Crippen molar-refractivity contribution < 1.29 is 14.0 Å². The first-order valence-electron chi connectivity index (χ1n) is 13.7. The summed E-state index contributed by atoms with van der Waals surface area (Å²) < 4.78 is 14.3. The van der Waals surface area contributed by atoms with E-state index in [2.05, 4.69) is 55.0 Å². The molecule has 2 aliphatic rings. The van der Waals surface area contributed by atoms with Gasteiger partial charge in [-0.2, -0.15) is 4.68 Å². The molecule has 1 atom stereocenters. The van der Waals surface area contributed by atoms with Crippen LogP contribution in [0.5, 0.6) is 0 Å². The first-order valence-corrected chi connectivity index (χ1v) is 13.7. The Morgan fingerprint density at radius 3 is 2.37 bits per heavy atom. The summed E-state index contributed by atoms with van der Waals surface area (Å²) in [6.07, 6.45) is 0.349. The summed E-state index contributed by atoms with van der Waals surface area (Å²) in [5.74, 6) is -1.12. The van der Waals surface area contributed by atoms with Crippen LogP contribution in [0.4, 0.5) is 15.8 Å². The topological polar surface area (TPSA) is 112 Å². The third-order valence-corrected chi connectivity index (χ3v) is 7.69. The number of amides is 2. The second-order valence-corrected chi connectivity index (χ2v) is 10.4. The van der Waals surface area contributed by atoms with Gasteiger partial charge >= 0.3 is 0 Å². The van der Waals surface area contributed by atoms with Gasteiger partial charge in [-0.05, 0) is 53.9 Å². The lowest BCUT2D eigenvalue weighted by Gasteiger charge is -2.36. The van der Waals surface area contributed by atoms with E-state index in [-0.39, 0.29) is 24.6 Å². The van der Waals surface area contributed by atoms with E-state index in [1.807, 2.05) is 12.1 Å².